The van der Waals surface area contributed by atoms with E-state index >= 15 is 0 Å². The fourth-order valence-electron chi connectivity index (χ4n) is 3.81. The SMILES string of the molecule is CCCCCCCCCCCC(Cl)[N+](C)(C)c1cccc2ccccc12. The highest BCUT2D eigenvalue weighted by Gasteiger charge is 2.29. The number of hydrogen-bond donors (Lipinski definition) is 0. The minimum atomic E-state index is 0.116. The molecule has 0 fully saturated rings. The van der Waals surface area contributed by atoms with Crippen LogP contribution in [0, 0.1) is 0 Å². The summed E-state index contributed by atoms with van der Waals surface area (Å²) in [5, 5.41) is 2.61. The minimum Gasteiger partial charge on any atom is -0.280 e. The first-order valence-corrected chi connectivity index (χ1v) is 11.0. The highest BCUT2D eigenvalue weighted by Crippen LogP contribution is 2.33. The number of benzene rings is 2. The fraction of sp³-hybridized carbons (Fsp3) is 0.583. The number of unbranched alkanes of at least 4 members (excludes halogenated alkanes) is 8. The van der Waals surface area contributed by atoms with Crippen molar-refractivity contribution in [1.82, 2.24) is 4.48 Å². The van der Waals surface area contributed by atoms with Gasteiger partial charge in [-0.05, 0) is 23.9 Å². The van der Waals surface area contributed by atoms with Gasteiger partial charge in [0.05, 0.1) is 14.1 Å². The summed E-state index contributed by atoms with van der Waals surface area (Å²) in [6.45, 7) is 2.28. The van der Waals surface area contributed by atoms with Crippen LogP contribution in [-0.2, 0) is 0 Å². The minimum absolute atomic E-state index is 0.116. The predicted octanol–water partition coefficient (Wildman–Crippen LogP) is 7.89. The fourth-order valence-corrected chi connectivity index (χ4v) is 4.07. The van der Waals surface area contributed by atoms with Gasteiger partial charge < -0.3 is 0 Å². The number of fused-ring (bicyclic) bond motifs is 1. The van der Waals surface area contributed by atoms with Crippen molar-refractivity contribution < 1.29 is 0 Å². The molecule has 0 aromatic heterocycles. The Hall–Kier alpha value is -1.05. The van der Waals surface area contributed by atoms with Gasteiger partial charge in [-0.3, -0.25) is 4.48 Å². The third-order valence-electron chi connectivity index (χ3n) is 5.63. The maximum atomic E-state index is 6.88. The van der Waals surface area contributed by atoms with E-state index in [1.165, 1.54) is 74.2 Å². The summed E-state index contributed by atoms with van der Waals surface area (Å²) >= 11 is 6.88. The van der Waals surface area contributed by atoms with E-state index in [4.69, 9.17) is 11.6 Å². The highest BCUT2D eigenvalue weighted by molar-refractivity contribution is 6.21. The molecule has 0 heterocycles. The summed E-state index contributed by atoms with van der Waals surface area (Å²) < 4.78 is 0.736. The normalized spacial score (nSPS) is 13.2. The van der Waals surface area contributed by atoms with Gasteiger partial charge in [-0.15, -0.1) is 0 Å². The number of quaternary nitrogens is 1. The summed E-state index contributed by atoms with van der Waals surface area (Å²) in [6, 6.07) is 15.2. The summed E-state index contributed by atoms with van der Waals surface area (Å²) in [7, 11) is 4.49. The summed E-state index contributed by atoms with van der Waals surface area (Å²) in [5.74, 6) is 0. The van der Waals surface area contributed by atoms with Crippen LogP contribution in [0.1, 0.15) is 71.1 Å². The molecule has 1 atom stereocenters. The number of hydrogen-bond acceptors (Lipinski definition) is 0. The average molecular weight is 375 g/mol. The smallest absolute Gasteiger partial charge is 0.169 e. The molecule has 144 valence electrons. The van der Waals surface area contributed by atoms with Crippen molar-refractivity contribution in [1.29, 1.82) is 0 Å². The topological polar surface area (TPSA) is 0 Å². The Morgan fingerprint density at radius 1 is 0.769 bits per heavy atom. The number of alkyl halides is 1. The molecule has 0 aliphatic carbocycles. The highest BCUT2D eigenvalue weighted by atomic mass is 35.5. The summed E-state index contributed by atoms with van der Waals surface area (Å²) in [4.78, 5) is 0. The standard InChI is InChI=1S/C24H37ClN/c1-4-5-6-7-8-9-10-11-12-20-24(25)26(2,3)23-19-15-17-21-16-13-14-18-22(21)23/h13-19,24H,4-12,20H2,1-3H3/q+1. The first-order chi connectivity index (χ1) is 12.6. The average Bonchev–Trinajstić information content (AvgIpc) is 2.66. The third-order valence-corrected chi connectivity index (χ3v) is 6.34. The van der Waals surface area contributed by atoms with Gasteiger partial charge in [0.2, 0.25) is 0 Å². The molecule has 0 spiro atoms. The number of halogens is 1. The quantitative estimate of drug-likeness (QED) is 0.153. The maximum absolute atomic E-state index is 6.88. The first kappa shape index (κ1) is 21.3. The van der Waals surface area contributed by atoms with Crippen LogP contribution >= 0.6 is 11.6 Å². The van der Waals surface area contributed by atoms with Crippen LogP contribution < -0.4 is 4.48 Å². The molecule has 0 bridgehead atoms. The molecule has 2 aromatic carbocycles. The van der Waals surface area contributed by atoms with E-state index in [0.29, 0.717) is 0 Å². The van der Waals surface area contributed by atoms with Crippen LogP contribution in [0.15, 0.2) is 42.5 Å². The van der Waals surface area contributed by atoms with Gasteiger partial charge in [0.25, 0.3) is 0 Å². The molecule has 26 heavy (non-hydrogen) atoms. The first-order valence-electron chi connectivity index (χ1n) is 10.5. The molecule has 0 saturated carbocycles. The van der Waals surface area contributed by atoms with E-state index < -0.39 is 0 Å². The van der Waals surface area contributed by atoms with Gasteiger partial charge in [0.15, 0.2) is 5.50 Å². The lowest BCUT2D eigenvalue weighted by Crippen LogP contribution is -2.47. The van der Waals surface area contributed by atoms with Crippen molar-refractivity contribution in [2.75, 3.05) is 14.1 Å². The largest absolute Gasteiger partial charge is 0.280 e. The zero-order valence-electron chi connectivity index (χ0n) is 17.0. The van der Waals surface area contributed by atoms with Crippen LogP contribution in [0.5, 0.6) is 0 Å². The molecule has 1 unspecified atom stereocenters. The Kier molecular flexibility index (Phi) is 8.95. The van der Waals surface area contributed by atoms with E-state index in [9.17, 15) is 0 Å². The van der Waals surface area contributed by atoms with Gasteiger partial charge >= 0.3 is 0 Å². The third kappa shape index (κ3) is 5.99. The van der Waals surface area contributed by atoms with Crippen molar-refractivity contribution in [2.45, 2.75) is 76.6 Å². The van der Waals surface area contributed by atoms with Crippen molar-refractivity contribution >= 4 is 28.1 Å². The molecule has 0 aliphatic rings. The van der Waals surface area contributed by atoms with E-state index in [2.05, 4.69) is 63.5 Å². The van der Waals surface area contributed by atoms with Crippen LogP contribution in [-0.4, -0.2) is 19.6 Å². The number of rotatable bonds is 12. The maximum Gasteiger partial charge on any atom is 0.169 e. The van der Waals surface area contributed by atoms with Gasteiger partial charge in [-0.1, -0.05) is 100 Å². The molecular weight excluding hydrogens is 338 g/mol. The molecule has 1 nitrogen and oxygen atoms in total. The molecule has 0 amide bonds. The van der Waals surface area contributed by atoms with Crippen LogP contribution in [0.3, 0.4) is 0 Å². The lowest BCUT2D eigenvalue weighted by molar-refractivity contribution is 0.347. The van der Waals surface area contributed by atoms with Crippen LogP contribution in [0.2, 0.25) is 0 Å². The summed E-state index contributed by atoms with van der Waals surface area (Å²) in [6.07, 6.45) is 13.3. The van der Waals surface area contributed by atoms with Crippen molar-refractivity contribution in [3.8, 4) is 0 Å². The molecule has 0 radical (unpaired) electrons. The van der Waals surface area contributed by atoms with Crippen molar-refractivity contribution in [3.05, 3.63) is 42.5 Å². The van der Waals surface area contributed by atoms with Crippen LogP contribution in [0.25, 0.3) is 10.8 Å². The Balaban J connectivity index is 1.80. The van der Waals surface area contributed by atoms with Gasteiger partial charge in [0, 0.05) is 11.8 Å². The Morgan fingerprint density at radius 2 is 1.35 bits per heavy atom. The molecule has 2 rings (SSSR count). The molecule has 0 saturated heterocycles. The molecule has 2 heteroatoms. The van der Waals surface area contributed by atoms with E-state index in [1.807, 2.05) is 0 Å². The van der Waals surface area contributed by atoms with Gasteiger partial charge in [-0.25, -0.2) is 0 Å². The van der Waals surface area contributed by atoms with E-state index in [-0.39, 0.29) is 5.50 Å². The van der Waals surface area contributed by atoms with E-state index in [0.717, 1.165) is 10.9 Å². The van der Waals surface area contributed by atoms with Crippen molar-refractivity contribution in [2.24, 2.45) is 0 Å². The Morgan fingerprint density at radius 3 is 2.04 bits per heavy atom. The number of nitrogens with zero attached hydrogens (tertiary/aromatic N) is 1. The second-order valence-corrected chi connectivity index (χ2v) is 8.59. The summed E-state index contributed by atoms with van der Waals surface area (Å²) in [5.41, 5.74) is 1.43. The second-order valence-electron chi connectivity index (χ2n) is 8.09. The molecule has 0 N–H and O–H groups in total. The molecule has 2 aromatic rings. The van der Waals surface area contributed by atoms with Crippen LogP contribution in [0.4, 0.5) is 5.69 Å². The van der Waals surface area contributed by atoms with Gasteiger partial charge in [-0.2, -0.15) is 0 Å². The van der Waals surface area contributed by atoms with Crippen molar-refractivity contribution in [3.63, 3.8) is 0 Å². The predicted molar refractivity (Wildman–Crippen MR) is 119 cm³/mol. The lowest BCUT2D eigenvalue weighted by Gasteiger charge is -2.35. The monoisotopic (exact) mass is 374 g/mol. The second kappa shape index (κ2) is 10.9. The lowest BCUT2D eigenvalue weighted by atomic mass is 10.0. The Labute approximate surface area is 165 Å². The van der Waals surface area contributed by atoms with E-state index in [1.54, 1.807) is 0 Å². The molecule has 0 aliphatic heterocycles. The molecular formula is C24H37ClN+. The zero-order chi connectivity index (χ0) is 18.8. The van der Waals surface area contributed by atoms with Gasteiger partial charge in [0.1, 0.15) is 5.69 Å². The zero-order valence-corrected chi connectivity index (χ0v) is 17.8. The Bertz CT molecular complexity index is 644.